The number of amides is 1. The van der Waals surface area contributed by atoms with Gasteiger partial charge in [0.25, 0.3) is 11.6 Å². The number of ether oxygens (including phenoxy) is 1. The number of hydrogen-bond acceptors (Lipinski definition) is 4. The Labute approximate surface area is 135 Å². The van der Waals surface area contributed by atoms with Gasteiger partial charge in [-0.3, -0.25) is 14.9 Å². The van der Waals surface area contributed by atoms with Crippen LogP contribution in [0.5, 0.6) is 5.75 Å². The van der Waals surface area contributed by atoms with Crippen molar-refractivity contribution in [2.24, 2.45) is 0 Å². The first-order valence-electron chi connectivity index (χ1n) is 6.32. The molecule has 2 rings (SSSR count). The molecule has 1 N–H and O–H groups in total. The fourth-order valence-corrected chi connectivity index (χ4v) is 2.42. The molecule has 2 aromatic carbocycles. The molecule has 2 aromatic rings. The average Bonchev–Trinajstić information content (AvgIpc) is 2.49. The molecule has 0 atom stereocenters. The third kappa shape index (κ3) is 3.43. The number of non-ortho nitro benzene ring substituents is 1. The van der Waals surface area contributed by atoms with Crippen LogP contribution >= 0.6 is 15.9 Å². The number of nitro groups is 1. The maximum atomic E-state index is 12.4. The van der Waals surface area contributed by atoms with Crippen molar-refractivity contribution in [2.75, 3.05) is 12.4 Å². The molecule has 22 heavy (non-hydrogen) atoms. The molecule has 0 aliphatic carbocycles. The predicted molar refractivity (Wildman–Crippen MR) is 86.5 cm³/mol. The third-order valence-electron chi connectivity index (χ3n) is 3.08. The van der Waals surface area contributed by atoms with Crippen molar-refractivity contribution in [3.8, 4) is 5.75 Å². The number of nitrogens with one attached hydrogen (secondary N) is 1. The van der Waals surface area contributed by atoms with E-state index in [0.29, 0.717) is 5.69 Å². The number of methoxy groups -OCH3 is 1. The fraction of sp³-hybridized carbons (Fsp3) is 0.133. The molecule has 114 valence electrons. The molecular formula is C15H13BrN2O4. The van der Waals surface area contributed by atoms with E-state index in [1.807, 2.05) is 13.0 Å². The summed E-state index contributed by atoms with van der Waals surface area (Å²) in [5.74, 6) is -0.191. The smallest absolute Gasteiger partial charge is 0.270 e. The molecule has 0 bridgehead atoms. The Hall–Kier alpha value is -2.41. The maximum Gasteiger partial charge on any atom is 0.270 e. The maximum absolute atomic E-state index is 12.4. The summed E-state index contributed by atoms with van der Waals surface area (Å²) in [4.78, 5) is 22.7. The Morgan fingerprint density at radius 1 is 1.27 bits per heavy atom. The summed E-state index contributed by atoms with van der Waals surface area (Å²) < 4.78 is 6.00. The van der Waals surface area contributed by atoms with Crippen molar-refractivity contribution >= 4 is 33.2 Å². The molecule has 0 saturated heterocycles. The monoisotopic (exact) mass is 364 g/mol. The number of nitrogens with zero attached hydrogens (tertiary/aromatic N) is 1. The quantitative estimate of drug-likeness (QED) is 0.658. The number of carbonyl (C=O) groups is 1. The average molecular weight is 365 g/mol. The molecular weight excluding hydrogens is 352 g/mol. The lowest BCUT2D eigenvalue weighted by molar-refractivity contribution is -0.384. The first kappa shape index (κ1) is 16.0. The fourth-order valence-electron chi connectivity index (χ4n) is 1.94. The highest BCUT2D eigenvalue weighted by Crippen LogP contribution is 2.26. The van der Waals surface area contributed by atoms with E-state index < -0.39 is 10.8 Å². The molecule has 0 spiro atoms. The van der Waals surface area contributed by atoms with E-state index in [4.69, 9.17) is 4.74 Å². The summed E-state index contributed by atoms with van der Waals surface area (Å²) in [7, 11) is 1.41. The molecule has 6 nitrogen and oxygen atoms in total. The summed E-state index contributed by atoms with van der Waals surface area (Å²) in [6, 6.07) is 9.30. The van der Waals surface area contributed by atoms with Crippen molar-refractivity contribution in [1.29, 1.82) is 0 Å². The van der Waals surface area contributed by atoms with Crippen LogP contribution in [-0.4, -0.2) is 17.9 Å². The van der Waals surface area contributed by atoms with Gasteiger partial charge in [-0.1, -0.05) is 15.9 Å². The normalized spacial score (nSPS) is 10.1. The number of nitro benzene ring substituents is 1. The van der Waals surface area contributed by atoms with Crippen LogP contribution < -0.4 is 10.1 Å². The van der Waals surface area contributed by atoms with Crippen LogP contribution in [0.3, 0.4) is 0 Å². The first-order chi connectivity index (χ1) is 10.4. The largest absolute Gasteiger partial charge is 0.496 e. The standard InChI is InChI=1S/C15H13BrN2O4/c1-9-7-10(16)3-5-13(9)17-15(19)12-8-11(18(20)21)4-6-14(12)22-2/h3-8H,1-2H3,(H,17,19). The molecule has 1 amide bonds. The lowest BCUT2D eigenvalue weighted by Crippen LogP contribution is -2.14. The van der Waals surface area contributed by atoms with Crippen molar-refractivity contribution in [1.82, 2.24) is 0 Å². The van der Waals surface area contributed by atoms with Gasteiger partial charge in [-0.05, 0) is 36.8 Å². The van der Waals surface area contributed by atoms with E-state index in [2.05, 4.69) is 21.2 Å². The van der Waals surface area contributed by atoms with E-state index in [9.17, 15) is 14.9 Å². The highest BCUT2D eigenvalue weighted by Gasteiger charge is 2.18. The SMILES string of the molecule is COc1ccc([N+](=O)[O-])cc1C(=O)Nc1ccc(Br)cc1C. The van der Waals surface area contributed by atoms with Gasteiger partial charge in [0, 0.05) is 22.3 Å². The molecule has 0 aromatic heterocycles. The van der Waals surface area contributed by atoms with Gasteiger partial charge in [-0.15, -0.1) is 0 Å². The zero-order valence-electron chi connectivity index (χ0n) is 11.9. The van der Waals surface area contributed by atoms with Gasteiger partial charge in [0.2, 0.25) is 0 Å². The molecule has 0 aliphatic rings. The van der Waals surface area contributed by atoms with Crippen molar-refractivity contribution in [3.63, 3.8) is 0 Å². The van der Waals surface area contributed by atoms with Crippen LogP contribution in [0.1, 0.15) is 15.9 Å². The summed E-state index contributed by atoms with van der Waals surface area (Å²) in [6.07, 6.45) is 0. The van der Waals surface area contributed by atoms with Gasteiger partial charge in [0.1, 0.15) is 5.75 Å². The zero-order chi connectivity index (χ0) is 16.3. The zero-order valence-corrected chi connectivity index (χ0v) is 13.5. The number of hydrogen-bond donors (Lipinski definition) is 1. The van der Waals surface area contributed by atoms with Crippen molar-refractivity contribution in [2.45, 2.75) is 6.92 Å². The second-order valence-corrected chi connectivity index (χ2v) is 5.47. The lowest BCUT2D eigenvalue weighted by Gasteiger charge is -2.11. The number of benzene rings is 2. The summed E-state index contributed by atoms with van der Waals surface area (Å²) in [5.41, 5.74) is 1.44. The Morgan fingerprint density at radius 2 is 2.00 bits per heavy atom. The van der Waals surface area contributed by atoms with Gasteiger partial charge in [-0.25, -0.2) is 0 Å². The van der Waals surface area contributed by atoms with E-state index in [0.717, 1.165) is 10.0 Å². The Balaban J connectivity index is 2.35. The van der Waals surface area contributed by atoms with E-state index in [1.165, 1.54) is 25.3 Å². The van der Waals surface area contributed by atoms with Gasteiger partial charge < -0.3 is 10.1 Å². The summed E-state index contributed by atoms with van der Waals surface area (Å²) >= 11 is 3.35. The van der Waals surface area contributed by atoms with Gasteiger partial charge in [0.15, 0.2) is 0 Å². The second kappa shape index (κ2) is 6.57. The van der Waals surface area contributed by atoms with Crippen LogP contribution in [-0.2, 0) is 0 Å². The molecule has 0 saturated carbocycles. The molecule has 0 unspecified atom stereocenters. The van der Waals surface area contributed by atoms with E-state index in [-0.39, 0.29) is 17.0 Å². The van der Waals surface area contributed by atoms with Crippen LogP contribution in [0.25, 0.3) is 0 Å². The Bertz CT molecular complexity index is 746. The summed E-state index contributed by atoms with van der Waals surface area (Å²) in [6.45, 7) is 1.85. The van der Waals surface area contributed by atoms with Crippen molar-refractivity contribution in [3.05, 3.63) is 62.1 Å². The number of rotatable bonds is 4. The van der Waals surface area contributed by atoms with Crippen LogP contribution in [0, 0.1) is 17.0 Å². The number of carbonyl (C=O) groups excluding carboxylic acids is 1. The van der Waals surface area contributed by atoms with Crippen LogP contribution in [0.15, 0.2) is 40.9 Å². The third-order valence-corrected chi connectivity index (χ3v) is 3.57. The minimum absolute atomic E-state index is 0.110. The highest BCUT2D eigenvalue weighted by atomic mass is 79.9. The molecule has 0 radical (unpaired) electrons. The lowest BCUT2D eigenvalue weighted by atomic mass is 10.1. The van der Waals surface area contributed by atoms with Crippen LogP contribution in [0.4, 0.5) is 11.4 Å². The predicted octanol–water partition coefficient (Wildman–Crippen LogP) is 3.93. The molecule has 7 heteroatoms. The first-order valence-corrected chi connectivity index (χ1v) is 7.11. The minimum atomic E-state index is -0.554. The Kier molecular flexibility index (Phi) is 4.77. The van der Waals surface area contributed by atoms with Crippen molar-refractivity contribution < 1.29 is 14.5 Å². The molecule has 0 fully saturated rings. The number of anilines is 1. The van der Waals surface area contributed by atoms with Crippen LogP contribution in [0.2, 0.25) is 0 Å². The van der Waals surface area contributed by atoms with E-state index in [1.54, 1.807) is 12.1 Å². The van der Waals surface area contributed by atoms with E-state index >= 15 is 0 Å². The second-order valence-electron chi connectivity index (χ2n) is 4.56. The van der Waals surface area contributed by atoms with Gasteiger partial charge in [0.05, 0.1) is 17.6 Å². The minimum Gasteiger partial charge on any atom is -0.496 e. The highest BCUT2D eigenvalue weighted by molar-refractivity contribution is 9.10. The molecule has 0 aliphatic heterocycles. The van der Waals surface area contributed by atoms with Gasteiger partial charge in [-0.2, -0.15) is 0 Å². The number of halogens is 1. The number of aryl methyl sites for hydroxylation is 1. The topological polar surface area (TPSA) is 81.5 Å². The Morgan fingerprint density at radius 3 is 2.59 bits per heavy atom. The summed E-state index contributed by atoms with van der Waals surface area (Å²) in [5, 5.41) is 13.6. The van der Waals surface area contributed by atoms with Gasteiger partial charge >= 0.3 is 0 Å². The molecule has 0 heterocycles.